The number of hydrogen-bond donors (Lipinski definition) is 4. The van der Waals surface area contributed by atoms with Gasteiger partial charge in [-0.05, 0) is 63.1 Å². The summed E-state index contributed by atoms with van der Waals surface area (Å²) in [5, 5.41) is 14.9. The zero-order valence-corrected chi connectivity index (χ0v) is 19.6. The Morgan fingerprint density at radius 1 is 1.15 bits per heavy atom. The summed E-state index contributed by atoms with van der Waals surface area (Å²) >= 11 is 0. The van der Waals surface area contributed by atoms with Crippen molar-refractivity contribution in [1.82, 2.24) is 10.3 Å². The van der Waals surface area contributed by atoms with E-state index in [2.05, 4.69) is 16.4 Å². The van der Waals surface area contributed by atoms with E-state index in [4.69, 9.17) is 5.73 Å². The van der Waals surface area contributed by atoms with Crippen LogP contribution in [0.4, 0.5) is 4.39 Å². The molecule has 1 amide bonds. The number of halogens is 1. The van der Waals surface area contributed by atoms with Gasteiger partial charge in [-0.25, -0.2) is 4.39 Å². The molecule has 0 radical (unpaired) electrons. The molecule has 0 unspecified atom stereocenters. The lowest BCUT2D eigenvalue weighted by molar-refractivity contribution is -0.126. The Bertz CT molecular complexity index is 1010. The minimum atomic E-state index is -1.38. The smallest absolute Gasteiger partial charge is 0.223 e. The molecule has 3 rings (SSSR count). The number of H-pyrrole nitrogens is 1. The number of benzene rings is 2. The highest BCUT2D eigenvalue weighted by atomic mass is 19.1. The molecule has 5 N–H and O–H groups in total. The van der Waals surface area contributed by atoms with Gasteiger partial charge in [-0.15, -0.1) is 0 Å². The van der Waals surface area contributed by atoms with Crippen LogP contribution in [0.5, 0.6) is 0 Å². The average Bonchev–Trinajstić information content (AvgIpc) is 3.19. The maximum atomic E-state index is 14.2. The number of rotatable bonds is 12. The summed E-state index contributed by atoms with van der Waals surface area (Å²) in [4.78, 5) is 16.2. The van der Waals surface area contributed by atoms with Crippen molar-refractivity contribution in [2.24, 2.45) is 11.7 Å². The molecule has 0 spiro atoms. The Balaban J connectivity index is 1.57. The molecule has 0 aliphatic carbocycles. The number of fused-ring (bicyclic) bond motifs is 1. The molecule has 0 saturated heterocycles. The predicted molar refractivity (Wildman–Crippen MR) is 132 cm³/mol. The van der Waals surface area contributed by atoms with Crippen LogP contribution in [0, 0.1) is 5.92 Å². The number of para-hydroxylation sites is 1. The van der Waals surface area contributed by atoms with E-state index < -0.39 is 23.7 Å². The molecule has 5 nitrogen and oxygen atoms in total. The van der Waals surface area contributed by atoms with Gasteiger partial charge in [-0.3, -0.25) is 4.79 Å². The lowest BCUT2D eigenvalue weighted by atomic mass is 9.88. The van der Waals surface area contributed by atoms with Gasteiger partial charge in [-0.1, -0.05) is 48.5 Å². The van der Waals surface area contributed by atoms with Gasteiger partial charge >= 0.3 is 0 Å². The van der Waals surface area contributed by atoms with Crippen LogP contribution in [0.25, 0.3) is 10.9 Å². The molecule has 3 aromatic rings. The summed E-state index contributed by atoms with van der Waals surface area (Å²) in [6.45, 7) is 3.50. The van der Waals surface area contributed by atoms with Crippen LogP contribution >= 0.6 is 0 Å². The van der Waals surface area contributed by atoms with Crippen LogP contribution in [-0.2, 0) is 17.6 Å². The lowest BCUT2D eigenvalue weighted by Gasteiger charge is -2.25. The SMILES string of the molecule is CC(C)(F)CC[C@H](C[C@H](O)[C@@H](N)Cc1ccccc1)C(=O)NCCc1c[nH]c2ccccc12. The lowest BCUT2D eigenvalue weighted by Crippen LogP contribution is -2.41. The van der Waals surface area contributed by atoms with Crippen molar-refractivity contribution in [3.63, 3.8) is 0 Å². The topological polar surface area (TPSA) is 91.1 Å². The number of aliphatic hydroxyl groups excluding tert-OH is 1. The Morgan fingerprint density at radius 3 is 2.58 bits per heavy atom. The standard InChI is InChI=1S/C27H36FN3O2/c1-27(2,28)14-12-20(17-25(32)23(29)16-19-8-4-3-5-9-19)26(33)30-15-13-21-18-31-24-11-7-6-10-22(21)24/h3-11,18,20,23,25,31-32H,12-17,29H2,1-2H3,(H,30,33)/t20-,23+,25+/m1/s1. The largest absolute Gasteiger partial charge is 0.391 e. The van der Waals surface area contributed by atoms with Crippen LogP contribution in [0.1, 0.15) is 44.2 Å². The summed E-state index contributed by atoms with van der Waals surface area (Å²) in [6.07, 6.45) is 3.14. The summed E-state index contributed by atoms with van der Waals surface area (Å²) in [7, 11) is 0. The maximum Gasteiger partial charge on any atom is 0.223 e. The van der Waals surface area contributed by atoms with E-state index in [1.54, 1.807) is 0 Å². The van der Waals surface area contributed by atoms with E-state index in [9.17, 15) is 14.3 Å². The van der Waals surface area contributed by atoms with E-state index in [0.717, 1.165) is 22.0 Å². The van der Waals surface area contributed by atoms with Gasteiger partial charge in [0.05, 0.1) is 6.10 Å². The fourth-order valence-corrected chi connectivity index (χ4v) is 4.17. The number of amides is 1. The molecular weight excluding hydrogens is 417 g/mol. The Hall–Kier alpha value is -2.70. The van der Waals surface area contributed by atoms with E-state index in [1.807, 2.05) is 54.7 Å². The first-order valence-electron chi connectivity index (χ1n) is 11.7. The van der Waals surface area contributed by atoms with E-state index >= 15 is 0 Å². The zero-order valence-electron chi connectivity index (χ0n) is 19.6. The molecule has 0 aliphatic heterocycles. The Kier molecular flexibility index (Phi) is 8.64. The third-order valence-electron chi connectivity index (χ3n) is 6.16. The van der Waals surface area contributed by atoms with Gasteiger partial charge in [0, 0.05) is 35.6 Å². The van der Waals surface area contributed by atoms with Crippen molar-refractivity contribution >= 4 is 16.8 Å². The van der Waals surface area contributed by atoms with Gasteiger partial charge in [-0.2, -0.15) is 0 Å². The zero-order chi connectivity index (χ0) is 23.8. The first kappa shape index (κ1) is 24.9. The molecule has 0 aliphatic rings. The highest BCUT2D eigenvalue weighted by Crippen LogP contribution is 2.24. The Labute approximate surface area is 195 Å². The first-order valence-corrected chi connectivity index (χ1v) is 11.7. The third-order valence-corrected chi connectivity index (χ3v) is 6.16. The van der Waals surface area contributed by atoms with Crippen LogP contribution in [0.15, 0.2) is 60.8 Å². The van der Waals surface area contributed by atoms with E-state index in [0.29, 0.717) is 25.8 Å². The summed E-state index contributed by atoms with van der Waals surface area (Å²) < 4.78 is 14.2. The van der Waals surface area contributed by atoms with Crippen molar-refractivity contribution in [1.29, 1.82) is 0 Å². The molecule has 2 aromatic carbocycles. The molecule has 1 heterocycles. The third kappa shape index (κ3) is 7.69. The molecule has 0 saturated carbocycles. The van der Waals surface area contributed by atoms with Crippen LogP contribution < -0.4 is 11.1 Å². The number of carbonyl (C=O) groups is 1. The van der Waals surface area contributed by atoms with Crippen molar-refractivity contribution in [3.8, 4) is 0 Å². The molecule has 6 heteroatoms. The van der Waals surface area contributed by atoms with Crippen molar-refractivity contribution in [3.05, 3.63) is 71.9 Å². The quantitative estimate of drug-likeness (QED) is 0.330. The Morgan fingerprint density at radius 2 is 1.85 bits per heavy atom. The molecular formula is C27H36FN3O2. The number of nitrogens with two attached hydrogens (primary N) is 1. The number of aliphatic hydroxyl groups is 1. The monoisotopic (exact) mass is 453 g/mol. The second-order valence-electron chi connectivity index (χ2n) is 9.51. The minimum Gasteiger partial charge on any atom is -0.391 e. The number of carbonyl (C=O) groups excluding carboxylic acids is 1. The van der Waals surface area contributed by atoms with Gasteiger partial charge in [0.25, 0.3) is 0 Å². The fraction of sp³-hybridized carbons (Fsp3) is 0.444. The van der Waals surface area contributed by atoms with Gasteiger partial charge in [0.2, 0.25) is 5.91 Å². The van der Waals surface area contributed by atoms with Gasteiger partial charge in [0.15, 0.2) is 0 Å². The van der Waals surface area contributed by atoms with Crippen LogP contribution in [0.2, 0.25) is 0 Å². The second kappa shape index (κ2) is 11.4. The van der Waals surface area contributed by atoms with Crippen LogP contribution in [-0.4, -0.2) is 40.4 Å². The molecule has 33 heavy (non-hydrogen) atoms. The first-order chi connectivity index (χ1) is 15.7. The average molecular weight is 454 g/mol. The minimum absolute atomic E-state index is 0.162. The normalized spacial score (nSPS) is 14.7. The van der Waals surface area contributed by atoms with Crippen molar-refractivity contribution < 1.29 is 14.3 Å². The number of nitrogens with one attached hydrogen (secondary N) is 2. The maximum absolute atomic E-state index is 14.2. The second-order valence-corrected chi connectivity index (χ2v) is 9.51. The number of aromatic nitrogens is 1. The molecule has 3 atom stereocenters. The summed E-state index contributed by atoms with van der Waals surface area (Å²) in [5.74, 6) is -0.662. The van der Waals surface area contributed by atoms with E-state index in [-0.39, 0.29) is 18.7 Å². The summed E-state index contributed by atoms with van der Waals surface area (Å²) in [5.41, 5.74) is 8.10. The van der Waals surface area contributed by atoms with Crippen LogP contribution in [0.3, 0.4) is 0 Å². The predicted octanol–water partition coefficient (Wildman–Crippen LogP) is 4.29. The number of hydrogen-bond acceptors (Lipinski definition) is 3. The van der Waals surface area contributed by atoms with Gasteiger partial charge < -0.3 is 21.1 Å². The number of aromatic amines is 1. The number of alkyl halides is 1. The highest BCUT2D eigenvalue weighted by molar-refractivity contribution is 5.83. The van der Waals surface area contributed by atoms with E-state index in [1.165, 1.54) is 13.8 Å². The van der Waals surface area contributed by atoms with Crippen molar-refractivity contribution in [2.75, 3.05) is 6.54 Å². The summed E-state index contributed by atoms with van der Waals surface area (Å²) in [6, 6.07) is 17.3. The molecule has 0 bridgehead atoms. The molecule has 0 fully saturated rings. The van der Waals surface area contributed by atoms with Crippen molar-refractivity contribution in [2.45, 2.75) is 63.8 Å². The fourth-order valence-electron chi connectivity index (χ4n) is 4.17. The van der Waals surface area contributed by atoms with Gasteiger partial charge in [0.1, 0.15) is 5.67 Å². The molecule has 178 valence electrons. The highest BCUT2D eigenvalue weighted by Gasteiger charge is 2.28. The molecule has 1 aromatic heterocycles.